The summed E-state index contributed by atoms with van der Waals surface area (Å²) < 4.78 is 5.94. The van der Waals surface area contributed by atoms with Gasteiger partial charge in [0.2, 0.25) is 5.91 Å². The SMILES string of the molecule is CC(C)NC(=O)c1ccc(OC[C@@H]2CCCN(C(=O)Cc3ccccc3Cl)C2)cc1. The van der Waals surface area contributed by atoms with Gasteiger partial charge in [-0.3, -0.25) is 9.59 Å². The lowest BCUT2D eigenvalue weighted by Gasteiger charge is -2.33. The van der Waals surface area contributed by atoms with E-state index in [0.717, 1.165) is 30.7 Å². The number of nitrogens with zero attached hydrogens (tertiary/aromatic N) is 1. The summed E-state index contributed by atoms with van der Waals surface area (Å²) in [5.41, 5.74) is 1.48. The van der Waals surface area contributed by atoms with Gasteiger partial charge in [0.15, 0.2) is 0 Å². The number of hydrogen-bond donors (Lipinski definition) is 1. The molecule has 2 aromatic rings. The normalized spacial score (nSPS) is 16.4. The third-order valence-electron chi connectivity index (χ3n) is 5.19. The molecule has 30 heavy (non-hydrogen) atoms. The quantitative estimate of drug-likeness (QED) is 0.713. The van der Waals surface area contributed by atoms with Gasteiger partial charge >= 0.3 is 0 Å². The first-order valence-corrected chi connectivity index (χ1v) is 10.8. The highest BCUT2D eigenvalue weighted by atomic mass is 35.5. The van der Waals surface area contributed by atoms with Crippen molar-refractivity contribution in [2.75, 3.05) is 19.7 Å². The van der Waals surface area contributed by atoms with E-state index >= 15 is 0 Å². The van der Waals surface area contributed by atoms with Crippen molar-refractivity contribution in [3.63, 3.8) is 0 Å². The highest BCUT2D eigenvalue weighted by Crippen LogP contribution is 2.22. The molecular formula is C24H29ClN2O3. The molecule has 0 unspecified atom stereocenters. The molecule has 0 aromatic heterocycles. The standard InChI is InChI=1S/C24H29ClN2O3/c1-17(2)26-24(29)19-9-11-21(12-10-19)30-16-18-6-5-13-27(15-18)23(28)14-20-7-3-4-8-22(20)25/h3-4,7-12,17-18H,5-6,13-16H2,1-2H3,(H,26,29)/t18-/m1/s1. The third-order valence-corrected chi connectivity index (χ3v) is 5.56. The minimum Gasteiger partial charge on any atom is -0.493 e. The van der Waals surface area contributed by atoms with Gasteiger partial charge in [-0.25, -0.2) is 0 Å². The van der Waals surface area contributed by atoms with E-state index in [4.69, 9.17) is 16.3 Å². The number of halogens is 1. The Morgan fingerprint density at radius 2 is 1.90 bits per heavy atom. The van der Waals surface area contributed by atoms with Crippen LogP contribution in [-0.4, -0.2) is 42.5 Å². The Morgan fingerprint density at radius 1 is 1.17 bits per heavy atom. The maximum Gasteiger partial charge on any atom is 0.251 e. The lowest BCUT2D eigenvalue weighted by molar-refractivity contribution is -0.132. The van der Waals surface area contributed by atoms with Gasteiger partial charge in [-0.1, -0.05) is 29.8 Å². The van der Waals surface area contributed by atoms with Gasteiger partial charge < -0.3 is 15.0 Å². The molecule has 0 bridgehead atoms. The van der Waals surface area contributed by atoms with E-state index in [-0.39, 0.29) is 23.8 Å². The zero-order chi connectivity index (χ0) is 21.5. The van der Waals surface area contributed by atoms with Gasteiger partial charge in [0, 0.05) is 35.6 Å². The molecule has 1 fully saturated rings. The summed E-state index contributed by atoms with van der Waals surface area (Å²) in [6.07, 6.45) is 2.33. The summed E-state index contributed by atoms with van der Waals surface area (Å²) in [5, 5.41) is 3.51. The van der Waals surface area contributed by atoms with Gasteiger partial charge in [-0.05, 0) is 62.6 Å². The summed E-state index contributed by atoms with van der Waals surface area (Å²) in [6, 6.07) is 14.8. The van der Waals surface area contributed by atoms with Crippen molar-refractivity contribution >= 4 is 23.4 Å². The first-order chi connectivity index (χ1) is 14.4. The maximum atomic E-state index is 12.7. The Balaban J connectivity index is 1.49. The van der Waals surface area contributed by atoms with Crippen molar-refractivity contribution < 1.29 is 14.3 Å². The molecule has 0 spiro atoms. The largest absolute Gasteiger partial charge is 0.493 e. The highest BCUT2D eigenvalue weighted by molar-refractivity contribution is 6.31. The first kappa shape index (κ1) is 22.2. The molecule has 2 aromatic carbocycles. The lowest BCUT2D eigenvalue weighted by atomic mass is 9.98. The predicted molar refractivity (Wildman–Crippen MR) is 119 cm³/mol. The van der Waals surface area contributed by atoms with Gasteiger partial charge in [-0.15, -0.1) is 0 Å². The van der Waals surface area contributed by atoms with Crippen LogP contribution >= 0.6 is 11.6 Å². The van der Waals surface area contributed by atoms with Gasteiger partial charge in [0.25, 0.3) is 5.91 Å². The van der Waals surface area contributed by atoms with Crippen molar-refractivity contribution in [3.8, 4) is 5.75 Å². The minimum absolute atomic E-state index is 0.0866. The molecule has 1 N–H and O–H groups in total. The third kappa shape index (κ3) is 6.23. The zero-order valence-corrected chi connectivity index (χ0v) is 18.3. The van der Waals surface area contributed by atoms with E-state index < -0.39 is 0 Å². The van der Waals surface area contributed by atoms with Crippen LogP contribution in [0.3, 0.4) is 0 Å². The van der Waals surface area contributed by atoms with Crippen LogP contribution in [0.15, 0.2) is 48.5 Å². The van der Waals surface area contributed by atoms with E-state index in [1.165, 1.54) is 0 Å². The van der Waals surface area contributed by atoms with E-state index in [1.54, 1.807) is 12.1 Å². The second kappa shape index (κ2) is 10.5. The van der Waals surface area contributed by atoms with Crippen molar-refractivity contribution in [2.24, 2.45) is 5.92 Å². The predicted octanol–water partition coefficient (Wildman–Crippen LogP) is 4.34. The van der Waals surface area contributed by atoms with Crippen molar-refractivity contribution in [2.45, 2.75) is 39.2 Å². The summed E-state index contributed by atoms with van der Waals surface area (Å²) in [7, 11) is 0. The smallest absolute Gasteiger partial charge is 0.251 e. The van der Waals surface area contributed by atoms with Gasteiger partial charge in [0.05, 0.1) is 13.0 Å². The fourth-order valence-electron chi connectivity index (χ4n) is 3.61. The Kier molecular flexibility index (Phi) is 7.75. The van der Waals surface area contributed by atoms with Crippen LogP contribution in [0.4, 0.5) is 0 Å². The summed E-state index contributed by atoms with van der Waals surface area (Å²) >= 11 is 6.19. The monoisotopic (exact) mass is 428 g/mol. The van der Waals surface area contributed by atoms with E-state index in [1.807, 2.05) is 55.1 Å². The number of hydrogen-bond acceptors (Lipinski definition) is 3. The van der Waals surface area contributed by atoms with Crippen LogP contribution in [-0.2, 0) is 11.2 Å². The Hall–Kier alpha value is -2.53. The number of amides is 2. The van der Waals surface area contributed by atoms with Crippen LogP contribution in [0.1, 0.15) is 42.6 Å². The average molecular weight is 429 g/mol. The van der Waals surface area contributed by atoms with Gasteiger partial charge in [0.1, 0.15) is 5.75 Å². The number of ether oxygens (including phenoxy) is 1. The molecule has 1 aliphatic heterocycles. The van der Waals surface area contributed by atoms with E-state index in [9.17, 15) is 9.59 Å². The van der Waals surface area contributed by atoms with Crippen LogP contribution in [0.5, 0.6) is 5.75 Å². The molecule has 3 rings (SSSR count). The van der Waals surface area contributed by atoms with E-state index in [2.05, 4.69) is 5.32 Å². The molecule has 0 saturated carbocycles. The molecule has 6 heteroatoms. The number of piperidine rings is 1. The van der Waals surface area contributed by atoms with Gasteiger partial charge in [-0.2, -0.15) is 0 Å². The van der Waals surface area contributed by atoms with Crippen LogP contribution in [0, 0.1) is 5.92 Å². The number of rotatable bonds is 7. The summed E-state index contributed by atoms with van der Waals surface area (Å²) in [4.78, 5) is 26.6. The number of carbonyl (C=O) groups is 2. The Bertz CT molecular complexity index is 867. The molecule has 5 nitrogen and oxygen atoms in total. The zero-order valence-electron chi connectivity index (χ0n) is 17.6. The minimum atomic E-state index is -0.0866. The second-order valence-corrected chi connectivity index (χ2v) is 8.49. The molecule has 0 radical (unpaired) electrons. The molecule has 1 saturated heterocycles. The topological polar surface area (TPSA) is 58.6 Å². The number of likely N-dealkylation sites (tertiary alicyclic amines) is 1. The molecule has 2 amide bonds. The molecule has 1 atom stereocenters. The molecular weight excluding hydrogens is 400 g/mol. The Labute approximate surface area is 183 Å². The van der Waals surface area contributed by atoms with Crippen LogP contribution in [0.25, 0.3) is 0 Å². The molecule has 1 aliphatic rings. The second-order valence-electron chi connectivity index (χ2n) is 8.08. The summed E-state index contributed by atoms with van der Waals surface area (Å²) in [5.74, 6) is 1.04. The van der Waals surface area contributed by atoms with Crippen molar-refractivity contribution in [3.05, 3.63) is 64.7 Å². The van der Waals surface area contributed by atoms with Crippen LogP contribution in [0.2, 0.25) is 5.02 Å². The van der Waals surface area contributed by atoms with E-state index in [0.29, 0.717) is 30.2 Å². The lowest BCUT2D eigenvalue weighted by Crippen LogP contribution is -2.42. The number of nitrogens with one attached hydrogen (secondary N) is 1. The van der Waals surface area contributed by atoms with Crippen molar-refractivity contribution in [1.82, 2.24) is 10.2 Å². The number of carbonyl (C=O) groups excluding carboxylic acids is 2. The molecule has 0 aliphatic carbocycles. The maximum absolute atomic E-state index is 12.7. The average Bonchev–Trinajstić information content (AvgIpc) is 2.74. The van der Waals surface area contributed by atoms with Crippen molar-refractivity contribution in [1.29, 1.82) is 0 Å². The fraction of sp³-hybridized carbons (Fsp3) is 0.417. The molecule has 160 valence electrons. The highest BCUT2D eigenvalue weighted by Gasteiger charge is 2.24. The summed E-state index contributed by atoms with van der Waals surface area (Å²) in [6.45, 7) is 5.88. The Morgan fingerprint density at radius 3 is 2.60 bits per heavy atom. The number of benzene rings is 2. The van der Waals surface area contributed by atoms with Crippen LogP contribution < -0.4 is 10.1 Å². The molecule has 1 heterocycles. The fourth-order valence-corrected chi connectivity index (χ4v) is 3.81. The first-order valence-electron chi connectivity index (χ1n) is 10.5.